The second-order valence-electron chi connectivity index (χ2n) is 12.8. The minimum Gasteiger partial charge on any atom is -0.483 e. The summed E-state index contributed by atoms with van der Waals surface area (Å²) in [6, 6.07) is 9.45. The first-order chi connectivity index (χ1) is 19.5. The fourth-order valence-electron chi connectivity index (χ4n) is 7.42. The van der Waals surface area contributed by atoms with Gasteiger partial charge in [-0.2, -0.15) is 0 Å². The first kappa shape index (κ1) is 25.7. The van der Waals surface area contributed by atoms with E-state index in [2.05, 4.69) is 94.9 Å². The molecule has 2 aromatic rings. The maximum atomic E-state index is 7.00. The summed E-state index contributed by atoms with van der Waals surface area (Å²) < 4.78 is 7.00. The van der Waals surface area contributed by atoms with Gasteiger partial charge >= 0.3 is 0 Å². The van der Waals surface area contributed by atoms with Gasteiger partial charge in [-0.25, -0.2) is 0 Å². The monoisotopic (exact) mass is 537 g/mol. The Labute approximate surface area is 239 Å². The summed E-state index contributed by atoms with van der Waals surface area (Å²) in [4.78, 5) is 9.89. The molecule has 0 radical (unpaired) electrons. The van der Waals surface area contributed by atoms with Crippen LogP contribution in [0.3, 0.4) is 0 Å². The lowest BCUT2D eigenvalue weighted by molar-refractivity contribution is -0.00684. The smallest absolute Gasteiger partial charge is 0.145 e. The third-order valence-corrected chi connectivity index (χ3v) is 9.91. The minimum absolute atomic E-state index is 0.134. The first-order valence-corrected chi connectivity index (χ1v) is 15.4. The van der Waals surface area contributed by atoms with Crippen molar-refractivity contribution in [3.05, 3.63) is 77.4 Å². The van der Waals surface area contributed by atoms with Gasteiger partial charge in [0, 0.05) is 85.7 Å². The van der Waals surface area contributed by atoms with Crippen molar-refractivity contribution in [2.24, 2.45) is 5.92 Å². The molecular formula is C34H43N5O. The molecule has 2 N–H and O–H groups in total. The van der Waals surface area contributed by atoms with E-state index in [1.54, 1.807) is 0 Å². The lowest BCUT2D eigenvalue weighted by atomic mass is 9.87. The summed E-state index contributed by atoms with van der Waals surface area (Å²) >= 11 is 0. The molecule has 2 aliphatic carbocycles. The zero-order chi connectivity index (χ0) is 27.3. The molecule has 0 bridgehead atoms. The van der Waals surface area contributed by atoms with Crippen molar-refractivity contribution in [1.82, 2.24) is 15.2 Å². The van der Waals surface area contributed by atoms with Gasteiger partial charge in [-0.1, -0.05) is 19.1 Å². The average molecular weight is 538 g/mol. The molecule has 5 aliphatic rings. The molecule has 0 amide bonds. The van der Waals surface area contributed by atoms with E-state index in [0.717, 1.165) is 69.7 Å². The number of rotatable bonds is 6. The number of aromatic nitrogens is 1. The second kappa shape index (κ2) is 10.3. The maximum Gasteiger partial charge on any atom is 0.145 e. The number of hydrogen-bond acceptors (Lipinski definition) is 6. The Balaban J connectivity index is 1.15. The predicted octanol–water partition coefficient (Wildman–Crippen LogP) is 6.65. The van der Waals surface area contributed by atoms with Gasteiger partial charge in [0.2, 0.25) is 0 Å². The number of benzene rings is 1. The quantitative estimate of drug-likeness (QED) is 0.430. The number of likely N-dealkylation sites (tertiary alicyclic amines) is 1. The van der Waals surface area contributed by atoms with E-state index in [1.165, 1.54) is 40.3 Å². The van der Waals surface area contributed by atoms with Crippen LogP contribution in [0.15, 0.2) is 66.2 Å². The standard InChI is InChI=1S/C34H43N5O/c1-23(2)38-18-14-34(15-19-38)22-39(17-13-25-21-36-29-7-5-4-6-27(25)29)31-11-9-26(20-32(31)40-34)37-30-12-16-35-33-24(3)8-10-28(30)33/h4-5,7,9,11-12,16,20-21,23-24,27,36H,6,8,10,13-15,17-19,22H2,1-3H3,(H,35,37). The molecule has 1 fully saturated rings. The number of nitrogens with zero attached hydrogens (tertiary/aromatic N) is 3. The fraction of sp³-hybridized carbons (Fsp3) is 0.500. The van der Waals surface area contributed by atoms with Crippen molar-refractivity contribution in [3.63, 3.8) is 0 Å². The zero-order valence-electron chi connectivity index (χ0n) is 24.2. The molecule has 1 aromatic heterocycles. The van der Waals surface area contributed by atoms with E-state index < -0.39 is 0 Å². The van der Waals surface area contributed by atoms with Crippen molar-refractivity contribution in [1.29, 1.82) is 0 Å². The third-order valence-electron chi connectivity index (χ3n) is 9.91. The predicted molar refractivity (Wildman–Crippen MR) is 163 cm³/mol. The van der Waals surface area contributed by atoms with Crippen molar-refractivity contribution in [2.45, 2.75) is 76.9 Å². The summed E-state index contributed by atoms with van der Waals surface area (Å²) in [5.74, 6) is 2.08. The highest BCUT2D eigenvalue weighted by molar-refractivity contribution is 5.72. The number of piperidine rings is 1. The molecule has 6 nitrogen and oxygen atoms in total. The minimum atomic E-state index is -0.134. The summed E-state index contributed by atoms with van der Waals surface area (Å²) in [6.07, 6.45) is 17.5. The second-order valence-corrected chi connectivity index (χ2v) is 12.8. The van der Waals surface area contributed by atoms with E-state index in [9.17, 15) is 0 Å². The molecule has 7 rings (SSSR count). The SMILES string of the molecule is CC1CCc2c(Nc3ccc4c(c3)OC3(CCN(C(C)C)CC3)CN4CCC3=CNC4=CC=CCC34)ccnc21. The Hall–Kier alpha value is -3.25. The number of anilines is 3. The van der Waals surface area contributed by atoms with Crippen LogP contribution in [-0.4, -0.2) is 47.7 Å². The van der Waals surface area contributed by atoms with Gasteiger partial charge < -0.3 is 25.2 Å². The van der Waals surface area contributed by atoms with Gasteiger partial charge in [0.05, 0.1) is 12.2 Å². The molecule has 1 spiro atoms. The van der Waals surface area contributed by atoms with Gasteiger partial charge in [0.25, 0.3) is 0 Å². The molecule has 4 heterocycles. The van der Waals surface area contributed by atoms with Crippen molar-refractivity contribution in [2.75, 3.05) is 36.4 Å². The highest BCUT2D eigenvalue weighted by Gasteiger charge is 2.43. The number of fused-ring (bicyclic) bond motifs is 3. The molecule has 2 unspecified atom stereocenters. The van der Waals surface area contributed by atoms with Crippen LogP contribution in [0.25, 0.3) is 0 Å². The van der Waals surface area contributed by atoms with Crippen LogP contribution in [0, 0.1) is 5.92 Å². The van der Waals surface area contributed by atoms with Crippen molar-refractivity contribution < 1.29 is 4.74 Å². The van der Waals surface area contributed by atoms with Crippen LogP contribution >= 0.6 is 0 Å². The van der Waals surface area contributed by atoms with E-state index in [0.29, 0.717) is 17.9 Å². The van der Waals surface area contributed by atoms with Gasteiger partial charge in [0.1, 0.15) is 11.4 Å². The topological polar surface area (TPSA) is 52.7 Å². The Morgan fingerprint density at radius 2 is 2.08 bits per heavy atom. The molecule has 40 heavy (non-hydrogen) atoms. The molecule has 2 atom stereocenters. The molecule has 210 valence electrons. The van der Waals surface area contributed by atoms with E-state index in [1.807, 2.05) is 6.20 Å². The van der Waals surface area contributed by atoms with Crippen LogP contribution in [-0.2, 0) is 6.42 Å². The molecule has 6 heteroatoms. The number of ether oxygens (including phenoxy) is 1. The van der Waals surface area contributed by atoms with E-state index in [-0.39, 0.29) is 5.60 Å². The zero-order valence-corrected chi connectivity index (χ0v) is 24.2. The van der Waals surface area contributed by atoms with E-state index in [4.69, 9.17) is 4.74 Å². The van der Waals surface area contributed by atoms with Crippen LogP contribution in [0.2, 0.25) is 0 Å². The van der Waals surface area contributed by atoms with Gasteiger partial charge in [-0.3, -0.25) is 4.98 Å². The summed E-state index contributed by atoms with van der Waals surface area (Å²) in [7, 11) is 0. The Kier molecular flexibility index (Phi) is 6.62. The normalized spacial score (nSPS) is 24.6. The molecular weight excluding hydrogens is 494 g/mol. The van der Waals surface area contributed by atoms with E-state index >= 15 is 0 Å². The summed E-state index contributed by atoms with van der Waals surface area (Å²) in [5.41, 5.74) is 8.87. The molecule has 1 saturated heterocycles. The molecule has 3 aliphatic heterocycles. The van der Waals surface area contributed by atoms with Crippen LogP contribution in [0.4, 0.5) is 17.1 Å². The van der Waals surface area contributed by atoms with Crippen LogP contribution in [0.5, 0.6) is 5.75 Å². The molecule has 1 aromatic carbocycles. The number of hydrogen-bond donors (Lipinski definition) is 2. The summed E-state index contributed by atoms with van der Waals surface area (Å²) in [5, 5.41) is 7.26. The molecule has 0 saturated carbocycles. The summed E-state index contributed by atoms with van der Waals surface area (Å²) in [6.45, 7) is 11.1. The Morgan fingerprint density at radius 1 is 1.20 bits per heavy atom. The van der Waals surface area contributed by atoms with Crippen LogP contribution < -0.4 is 20.3 Å². The highest BCUT2D eigenvalue weighted by atomic mass is 16.5. The number of pyridine rings is 1. The van der Waals surface area contributed by atoms with Gasteiger partial charge in [-0.05, 0) is 80.9 Å². The Bertz CT molecular complexity index is 1370. The first-order valence-electron chi connectivity index (χ1n) is 15.4. The Morgan fingerprint density at radius 3 is 2.92 bits per heavy atom. The van der Waals surface area contributed by atoms with Gasteiger partial charge in [-0.15, -0.1) is 0 Å². The third kappa shape index (κ3) is 4.70. The lowest BCUT2D eigenvalue weighted by Gasteiger charge is -2.49. The van der Waals surface area contributed by atoms with Crippen molar-refractivity contribution >= 4 is 17.1 Å². The highest BCUT2D eigenvalue weighted by Crippen LogP contribution is 2.44. The lowest BCUT2D eigenvalue weighted by Crippen LogP contribution is -2.57. The van der Waals surface area contributed by atoms with Crippen LogP contribution in [0.1, 0.15) is 70.1 Å². The average Bonchev–Trinajstić information content (AvgIpc) is 3.56. The maximum absolute atomic E-state index is 7.00. The van der Waals surface area contributed by atoms with Gasteiger partial charge in [0.15, 0.2) is 0 Å². The largest absolute Gasteiger partial charge is 0.483 e. The number of nitrogens with one attached hydrogen (secondary N) is 2. The number of allylic oxidation sites excluding steroid dienone is 4. The fourth-order valence-corrected chi connectivity index (χ4v) is 7.42. The van der Waals surface area contributed by atoms with Crippen molar-refractivity contribution in [3.8, 4) is 5.75 Å².